The minimum atomic E-state index is -3.85. The molecule has 0 aromatic carbocycles. The van der Waals surface area contributed by atoms with Crippen molar-refractivity contribution in [2.45, 2.75) is 18.1 Å². The van der Waals surface area contributed by atoms with Crippen LogP contribution in [0.3, 0.4) is 0 Å². The molecule has 0 bridgehead atoms. The zero-order valence-electron chi connectivity index (χ0n) is 8.63. The largest absolute Gasteiger partial charge is 0.273 e. The Bertz CT molecular complexity index is 478. The lowest BCUT2D eigenvalue weighted by molar-refractivity contribution is -0.143. The molecule has 0 fully saturated rings. The highest BCUT2D eigenvalue weighted by Crippen LogP contribution is 2.15. The van der Waals surface area contributed by atoms with Gasteiger partial charge in [-0.25, -0.2) is 8.42 Å². The number of thiophene rings is 1. The molecule has 1 rings (SSSR count). The van der Waals surface area contributed by atoms with Crippen LogP contribution in [0.1, 0.15) is 13.8 Å². The summed E-state index contributed by atoms with van der Waals surface area (Å²) in [5, 5.41) is 2.04. The van der Waals surface area contributed by atoms with E-state index in [-0.39, 0.29) is 4.21 Å². The predicted molar refractivity (Wildman–Crippen MR) is 57.8 cm³/mol. The van der Waals surface area contributed by atoms with Gasteiger partial charge in [-0.3, -0.25) is 9.59 Å². The van der Waals surface area contributed by atoms with Crippen molar-refractivity contribution in [3.8, 4) is 0 Å². The highest BCUT2D eigenvalue weighted by molar-refractivity contribution is 7.91. The first-order valence-electron chi connectivity index (χ1n) is 4.22. The second-order valence-corrected chi connectivity index (χ2v) is 5.74. The highest BCUT2D eigenvalue weighted by Gasteiger charge is 2.23. The van der Waals surface area contributed by atoms with E-state index in [9.17, 15) is 18.0 Å². The van der Waals surface area contributed by atoms with Crippen molar-refractivity contribution in [1.29, 1.82) is 0 Å². The van der Waals surface area contributed by atoms with Crippen LogP contribution in [-0.4, -0.2) is 25.2 Å². The molecule has 0 spiro atoms. The summed E-state index contributed by atoms with van der Waals surface area (Å²) in [4.78, 5) is 23.9. The second-order valence-electron chi connectivity index (χ2n) is 2.90. The standard InChI is InChI=1S/C8H10N2O4S2/c1-6(11)10(7(2)12)9-16(13,14)8-4-3-5-15-8/h3-5,9H,1-2H3. The first-order valence-corrected chi connectivity index (χ1v) is 6.58. The van der Waals surface area contributed by atoms with Crippen LogP contribution >= 0.6 is 11.3 Å². The van der Waals surface area contributed by atoms with E-state index < -0.39 is 21.8 Å². The summed E-state index contributed by atoms with van der Waals surface area (Å²) >= 11 is 0.996. The van der Waals surface area contributed by atoms with Crippen molar-refractivity contribution in [3.05, 3.63) is 17.5 Å². The molecule has 1 heterocycles. The van der Waals surface area contributed by atoms with Gasteiger partial charge in [0.2, 0.25) is 11.8 Å². The Kier molecular flexibility index (Phi) is 3.79. The molecular formula is C8H10N2O4S2. The number of hydrogen-bond donors (Lipinski definition) is 1. The van der Waals surface area contributed by atoms with Crippen LogP contribution in [-0.2, 0) is 19.6 Å². The first kappa shape index (κ1) is 12.8. The number of carbonyl (C=O) groups excluding carboxylic acids is 2. The quantitative estimate of drug-likeness (QED) is 0.796. The van der Waals surface area contributed by atoms with E-state index in [2.05, 4.69) is 0 Å². The lowest BCUT2D eigenvalue weighted by Crippen LogP contribution is -2.47. The van der Waals surface area contributed by atoms with Crippen molar-refractivity contribution in [2.75, 3.05) is 0 Å². The molecule has 16 heavy (non-hydrogen) atoms. The van der Waals surface area contributed by atoms with E-state index >= 15 is 0 Å². The number of sulfonamides is 1. The van der Waals surface area contributed by atoms with Crippen molar-refractivity contribution in [2.24, 2.45) is 0 Å². The Morgan fingerprint density at radius 1 is 1.31 bits per heavy atom. The maximum atomic E-state index is 11.7. The van der Waals surface area contributed by atoms with Crippen LogP contribution < -0.4 is 4.83 Å². The minimum Gasteiger partial charge on any atom is -0.273 e. The number of rotatable bonds is 3. The summed E-state index contributed by atoms with van der Waals surface area (Å²) in [7, 11) is -3.85. The molecule has 0 aliphatic heterocycles. The van der Waals surface area contributed by atoms with Crippen molar-refractivity contribution in [1.82, 2.24) is 9.84 Å². The van der Waals surface area contributed by atoms with Crippen molar-refractivity contribution < 1.29 is 18.0 Å². The lowest BCUT2D eigenvalue weighted by atomic mass is 10.6. The van der Waals surface area contributed by atoms with Gasteiger partial charge in [0.15, 0.2) is 0 Å². The van der Waals surface area contributed by atoms with Gasteiger partial charge in [0, 0.05) is 13.8 Å². The Morgan fingerprint density at radius 2 is 1.88 bits per heavy atom. The van der Waals surface area contributed by atoms with Gasteiger partial charge >= 0.3 is 0 Å². The molecule has 2 amide bonds. The molecule has 0 unspecified atom stereocenters. The summed E-state index contributed by atoms with van der Waals surface area (Å²) in [6, 6.07) is 2.94. The first-order chi connectivity index (χ1) is 7.34. The molecule has 0 atom stereocenters. The van der Waals surface area contributed by atoms with Gasteiger partial charge in [0.1, 0.15) is 4.21 Å². The van der Waals surface area contributed by atoms with E-state index in [0.29, 0.717) is 5.01 Å². The summed E-state index contributed by atoms with van der Waals surface area (Å²) in [5.74, 6) is -1.37. The van der Waals surface area contributed by atoms with Crippen LogP contribution in [0, 0.1) is 0 Å². The average Bonchev–Trinajstić information content (AvgIpc) is 2.66. The molecule has 1 N–H and O–H groups in total. The zero-order chi connectivity index (χ0) is 12.3. The summed E-state index contributed by atoms with van der Waals surface area (Å²) < 4.78 is 23.4. The number of imide groups is 1. The zero-order valence-corrected chi connectivity index (χ0v) is 10.3. The van der Waals surface area contributed by atoms with Crippen LogP contribution in [0.4, 0.5) is 0 Å². The number of amides is 2. The van der Waals surface area contributed by atoms with Gasteiger partial charge in [-0.05, 0) is 11.4 Å². The highest BCUT2D eigenvalue weighted by atomic mass is 32.2. The molecule has 1 aromatic heterocycles. The maximum Gasteiger partial charge on any atom is 0.267 e. The van der Waals surface area contributed by atoms with Gasteiger partial charge in [-0.1, -0.05) is 6.07 Å². The molecular weight excluding hydrogens is 252 g/mol. The van der Waals surface area contributed by atoms with Crippen LogP contribution in [0.15, 0.2) is 21.7 Å². The molecule has 1 aromatic rings. The number of nitrogens with zero attached hydrogens (tertiary/aromatic N) is 1. The van der Waals surface area contributed by atoms with E-state index in [0.717, 1.165) is 25.2 Å². The van der Waals surface area contributed by atoms with Gasteiger partial charge in [0.05, 0.1) is 0 Å². The molecule has 0 aliphatic carbocycles. The topological polar surface area (TPSA) is 83.6 Å². The number of carbonyl (C=O) groups is 2. The Morgan fingerprint density at radius 3 is 2.25 bits per heavy atom. The van der Waals surface area contributed by atoms with Gasteiger partial charge < -0.3 is 0 Å². The normalized spacial score (nSPS) is 11.1. The van der Waals surface area contributed by atoms with Gasteiger partial charge in [0.25, 0.3) is 10.0 Å². The molecule has 8 heteroatoms. The Labute approximate surface area is 96.9 Å². The molecule has 0 aliphatic rings. The second kappa shape index (κ2) is 4.73. The monoisotopic (exact) mass is 262 g/mol. The van der Waals surface area contributed by atoms with E-state index in [1.165, 1.54) is 6.07 Å². The van der Waals surface area contributed by atoms with Crippen LogP contribution in [0.5, 0.6) is 0 Å². The SMILES string of the molecule is CC(=O)N(NS(=O)(=O)c1cccs1)C(C)=O. The minimum absolute atomic E-state index is 0.0417. The Balaban J connectivity index is 2.96. The van der Waals surface area contributed by atoms with E-state index in [1.807, 2.05) is 4.83 Å². The third kappa shape index (κ3) is 2.87. The molecule has 0 saturated heterocycles. The van der Waals surface area contributed by atoms with E-state index in [1.54, 1.807) is 11.4 Å². The van der Waals surface area contributed by atoms with Gasteiger partial charge in [-0.15, -0.1) is 16.2 Å². The lowest BCUT2D eigenvalue weighted by Gasteiger charge is -2.17. The smallest absolute Gasteiger partial charge is 0.267 e. The van der Waals surface area contributed by atoms with Crippen molar-refractivity contribution in [3.63, 3.8) is 0 Å². The average molecular weight is 262 g/mol. The fourth-order valence-corrected chi connectivity index (χ4v) is 3.01. The number of hydrazine groups is 1. The molecule has 6 nitrogen and oxygen atoms in total. The van der Waals surface area contributed by atoms with Crippen LogP contribution in [0.2, 0.25) is 0 Å². The maximum absolute atomic E-state index is 11.7. The number of hydrogen-bond acceptors (Lipinski definition) is 5. The molecule has 88 valence electrons. The van der Waals surface area contributed by atoms with Gasteiger partial charge in [-0.2, -0.15) is 5.01 Å². The van der Waals surface area contributed by atoms with E-state index in [4.69, 9.17) is 0 Å². The third-order valence-corrected chi connectivity index (χ3v) is 4.30. The summed E-state index contributed by atoms with van der Waals surface area (Å²) in [6.07, 6.45) is 0. The van der Waals surface area contributed by atoms with Crippen LogP contribution in [0.25, 0.3) is 0 Å². The molecule has 0 saturated carbocycles. The predicted octanol–water partition coefficient (Wildman–Crippen LogP) is 0.336. The van der Waals surface area contributed by atoms with Crippen molar-refractivity contribution >= 4 is 33.2 Å². The third-order valence-electron chi connectivity index (χ3n) is 1.60. The Hall–Kier alpha value is -1.25. The fourth-order valence-electron chi connectivity index (χ4n) is 0.932. The fraction of sp³-hybridized carbons (Fsp3) is 0.250. The molecule has 0 radical (unpaired) electrons. The summed E-state index contributed by atoms with van der Waals surface area (Å²) in [6.45, 7) is 2.19. The number of nitrogens with one attached hydrogen (secondary N) is 1. The summed E-state index contributed by atoms with van der Waals surface area (Å²) in [5.41, 5.74) is 0.